The van der Waals surface area contributed by atoms with Gasteiger partial charge in [-0.3, -0.25) is 14.4 Å². The smallest absolute Gasteiger partial charge is 0.405 e. The molecule has 1 rings (SSSR count). The summed E-state index contributed by atoms with van der Waals surface area (Å²) in [6.07, 6.45) is 1.58. The van der Waals surface area contributed by atoms with Crippen molar-refractivity contribution >= 4 is 29.8 Å². The molecule has 1 aliphatic heterocycles. The van der Waals surface area contributed by atoms with Gasteiger partial charge in [-0.25, -0.2) is 9.59 Å². The third-order valence-corrected chi connectivity index (χ3v) is 5.69. The van der Waals surface area contributed by atoms with Crippen LogP contribution in [0.15, 0.2) is 12.2 Å². The molecule has 0 radical (unpaired) electrons. The van der Waals surface area contributed by atoms with Crippen LogP contribution in [-0.2, 0) is 28.7 Å². The van der Waals surface area contributed by atoms with Crippen molar-refractivity contribution in [2.75, 3.05) is 13.2 Å². The van der Waals surface area contributed by atoms with Gasteiger partial charge < -0.3 is 35.8 Å². The average Bonchev–Trinajstić information content (AvgIpc) is 3.18. The Morgan fingerprint density at radius 3 is 2.26 bits per heavy atom. The van der Waals surface area contributed by atoms with Crippen LogP contribution in [0.1, 0.15) is 67.7 Å². The monoisotopic (exact) mass is 540 g/mol. The summed E-state index contributed by atoms with van der Waals surface area (Å²) in [4.78, 5) is 61.9. The lowest BCUT2D eigenvalue weighted by Gasteiger charge is -2.31. The van der Waals surface area contributed by atoms with Crippen LogP contribution in [-0.4, -0.2) is 77.9 Å². The van der Waals surface area contributed by atoms with Crippen molar-refractivity contribution < 1.29 is 38.6 Å². The molecule has 0 aromatic heterocycles. The van der Waals surface area contributed by atoms with Crippen molar-refractivity contribution in [1.29, 1.82) is 0 Å². The number of hydrogen-bond acceptors (Lipinski definition) is 7. The maximum absolute atomic E-state index is 13.3. The Kier molecular flexibility index (Phi) is 13.2. The lowest BCUT2D eigenvalue weighted by atomic mass is 9.96. The highest BCUT2D eigenvalue weighted by atomic mass is 16.5. The van der Waals surface area contributed by atoms with Gasteiger partial charge in [-0.05, 0) is 59.8 Å². The molecule has 0 aromatic carbocycles. The van der Waals surface area contributed by atoms with E-state index in [1.165, 1.54) is 12.2 Å². The largest absolute Gasteiger partial charge is 0.465 e. The summed E-state index contributed by atoms with van der Waals surface area (Å²) in [6, 6.07) is -2.95. The molecular formula is C26H44N4O8. The first kappa shape index (κ1) is 32.9. The first-order chi connectivity index (χ1) is 17.6. The van der Waals surface area contributed by atoms with Crippen molar-refractivity contribution in [3.05, 3.63) is 12.2 Å². The zero-order chi connectivity index (χ0) is 29.0. The molecule has 216 valence electrons. The minimum absolute atomic E-state index is 0.00863. The maximum atomic E-state index is 13.3. The topological polar surface area (TPSA) is 172 Å². The Bertz CT molecular complexity index is 868. The van der Waals surface area contributed by atoms with Crippen molar-refractivity contribution in [2.45, 2.75) is 97.6 Å². The summed E-state index contributed by atoms with van der Waals surface area (Å²) < 4.78 is 10.7. The van der Waals surface area contributed by atoms with Crippen LogP contribution in [0, 0.1) is 11.8 Å². The lowest BCUT2D eigenvalue weighted by molar-refractivity contribution is -0.137. The number of carbonyl (C=O) groups excluding carboxylic acids is 4. The van der Waals surface area contributed by atoms with E-state index in [2.05, 4.69) is 21.3 Å². The van der Waals surface area contributed by atoms with Crippen LogP contribution in [0.3, 0.4) is 0 Å². The van der Waals surface area contributed by atoms with Crippen LogP contribution in [0.2, 0.25) is 0 Å². The molecule has 1 fully saturated rings. The summed E-state index contributed by atoms with van der Waals surface area (Å²) >= 11 is 0. The van der Waals surface area contributed by atoms with E-state index in [0.717, 1.165) is 0 Å². The fraction of sp³-hybridized carbons (Fsp3) is 0.731. The third-order valence-electron chi connectivity index (χ3n) is 5.69. The van der Waals surface area contributed by atoms with Crippen LogP contribution >= 0.6 is 0 Å². The van der Waals surface area contributed by atoms with E-state index < -0.39 is 53.7 Å². The number of nitrogens with one attached hydrogen (secondary N) is 4. The van der Waals surface area contributed by atoms with E-state index in [-0.39, 0.29) is 37.2 Å². The SMILES string of the molecule is CCOC(=O)/C=C/[C@H](C[C@@H]1CCNC1=O)NC(=O)[C@H](CC(C)C)NC(=O)[C@@H](NC(=O)O)C(C)OC(C)(C)C. The van der Waals surface area contributed by atoms with E-state index in [4.69, 9.17) is 9.47 Å². The van der Waals surface area contributed by atoms with E-state index >= 15 is 0 Å². The Labute approximate surface area is 224 Å². The molecule has 5 N–H and O–H groups in total. The van der Waals surface area contributed by atoms with Crippen molar-refractivity contribution in [2.24, 2.45) is 11.8 Å². The number of carbonyl (C=O) groups is 5. The highest BCUT2D eigenvalue weighted by Crippen LogP contribution is 2.18. The van der Waals surface area contributed by atoms with Gasteiger partial charge in [0.2, 0.25) is 17.7 Å². The molecule has 0 bridgehead atoms. The minimum Gasteiger partial charge on any atom is -0.465 e. The molecule has 1 unspecified atom stereocenters. The molecule has 4 amide bonds. The van der Waals surface area contributed by atoms with E-state index in [0.29, 0.717) is 13.0 Å². The van der Waals surface area contributed by atoms with Crippen LogP contribution in [0.25, 0.3) is 0 Å². The van der Waals surface area contributed by atoms with Gasteiger partial charge in [0.1, 0.15) is 12.1 Å². The second-order valence-electron chi connectivity index (χ2n) is 10.8. The third kappa shape index (κ3) is 12.4. The normalized spacial score (nSPS) is 18.8. The fourth-order valence-corrected chi connectivity index (χ4v) is 4.15. The van der Waals surface area contributed by atoms with Gasteiger partial charge in [0.05, 0.1) is 18.3 Å². The van der Waals surface area contributed by atoms with E-state index in [9.17, 15) is 29.1 Å². The van der Waals surface area contributed by atoms with Gasteiger partial charge in [-0.15, -0.1) is 0 Å². The lowest BCUT2D eigenvalue weighted by Crippen LogP contribution is -2.58. The number of esters is 1. The molecule has 0 saturated carbocycles. The van der Waals surface area contributed by atoms with Crippen LogP contribution in [0.4, 0.5) is 4.79 Å². The van der Waals surface area contributed by atoms with Crippen molar-refractivity contribution in [3.8, 4) is 0 Å². The molecule has 12 nitrogen and oxygen atoms in total. The second-order valence-corrected chi connectivity index (χ2v) is 10.8. The Balaban J connectivity index is 3.11. The van der Waals surface area contributed by atoms with E-state index in [1.807, 2.05) is 13.8 Å². The molecule has 1 heterocycles. The number of amides is 4. The Morgan fingerprint density at radius 2 is 1.76 bits per heavy atom. The number of hydrogen-bond donors (Lipinski definition) is 5. The zero-order valence-electron chi connectivity index (χ0n) is 23.5. The molecule has 1 saturated heterocycles. The Hall–Kier alpha value is -3.15. The Morgan fingerprint density at radius 1 is 1.11 bits per heavy atom. The molecule has 5 atom stereocenters. The van der Waals surface area contributed by atoms with Crippen LogP contribution in [0.5, 0.6) is 0 Å². The van der Waals surface area contributed by atoms with Crippen LogP contribution < -0.4 is 21.3 Å². The average molecular weight is 541 g/mol. The number of rotatable bonds is 14. The molecule has 1 aliphatic rings. The van der Waals surface area contributed by atoms with Gasteiger partial charge >= 0.3 is 12.1 Å². The van der Waals surface area contributed by atoms with E-state index in [1.54, 1.807) is 34.6 Å². The van der Waals surface area contributed by atoms with Gasteiger partial charge in [0.15, 0.2) is 0 Å². The first-order valence-electron chi connectivity index (χ1n) is 13.0. The van der Waals surface area contributed by atoms with Gasteiger partial charge in [0, 0.05) is 24.6 Å². The molecule has 12 heteroatoms. The summed E-state index contributed by atoms with van der Waals surface area (Å²) in [5.74, 6) is -2.28. The molecule has 0 spiro atoms. The molecule has 0 aliphatic carbocycles. The molecule has 38 heavy (non-hydrogen) atoms. The molecular weight excluding hydrogens is 496 g/mol. The summed E-state index contributed by atoms with van der Waals surface area (Å²) in [7, 11) is 0. The summed E-state index contributed by atoms with van der Waals surface area (Å²) in [5.41, 5.74) is -0.641. The van der Waals surface area contributed by atoms with Gasteiger partial charge in [-0.1, -0.05) is 19.9 Å². The summed E-state index contributed by atoms with van der Waals surface area (Å²) in [5, 5.41) is 19.7. The van der Waals surface area contributed by atoms with Gasteiger partial charge in [-0.2, -0.15) is 0 Å². The van der Waals surface area contributed by atoms with Gasteiger partial charge in [0.25, 0.3) is 0 Å². The second kappa shape index (κ2) is 15.3. The first-order valence-corrected chi connectivity index (χ1v) is 13.0. The summed E-state index contributed by atoms with van der Waals surface area (Å²) in [6.45, 7) is 13.1. The fourth-order valence-electron chi connectivity index (χ4n) is 4.15. The number of ether oxygens (including phenoxy) is 2. The zero-order valence-corrected chi connectivity index (χ0v) is 23.5. The standard InChI is InChI=1S/C26H44N4O8/c1-8-37-20(31)10-9-18(14-17-11-12-27-22(17)32)28-23(33)19(13-15(2)3)29-24(34)21(30-25(35)36)16(4)38-26(5,6)7/h9-10,15-19,21,30H,8,11-14H2,1-7H3,(H,27,32)(H,28,33)(H,29,34)(H,35,36)/b10-9+/t16?,17-,18+,19-,21-/m0/s1. The maximum Gasteiger partial charge on any atom is 0.405 e. The van der Waals surface area contributed by atoms with Crippen molar-refractivity contribution in [1.82, 2.24) is 21.3 Å². The quantitative estimate of drug-likeness (QED) is 0.163. The van der Waals surface area contributed by atoms with Crippen molar-refractivity contribution in [3.63, 3.8) is 0 Å². The molecule has 0 aromatic rings. The minimum atomic E-state index is -1.40. The predicted octanol–water partition coefficient (Wildman–Crippen LogP) is 1.49. The highest BCUT2D eigenvalue weighted by Gasteiger charge is 2.34. The predicted molar refractivity (Wildman–Crippen MR) is 140 cm³/mol. The number of carboxylic acid groups (broad SMARTS) is 1. The highest BCUT2D eigenvalue weighted by molar-refractivity contribution is 5.92.